The Morgan fingerprint density at radius 2 is 2.15 bits per heavy atom. The van der Waals surface area contributed by atoms with Crippen LogP contribution in [0.5, 0.6) is 0 Å². The van der Waals surface area contributed by atoms with E-state index in [1.54, 1.807) is 18.2 Å². The van der Waals surface area contributed by atoms with Crippen LogP contribution < -0.4 is 4.72 Å². The van der Waals surface area contributed by atoms with Gasteiger partial charge in [-0.3, -0.25) is 0 Å². The zero-order valence-corrected chi connectivity index (χ0v) is 8.69. The molecule has 0 aliphatic carbocycles. The van der Waals surface area contributed by atoms with Crippen molar-refractivity contribution < 1.29 is 8.42 Å². The van der Waals surface area contributed by atoms with Crippen molar-refractivity contribution >= 4 is 21.6 Å². The maximum absolute atomic E-state index is 10.7. The Hall–Kier alpha value is -0.580. The second kappa shape index (κ2) is 4.09. The average Bonchev–Trinajstić information content (AvgIpc) is 2.00. The van der Waals surface area contributed by atoms with Crippen molar-refractivity contribution in [3.05, 3.63) is 34.9 Å². The lowest BCUT2D eigenvalue weighted by molar-refractivity contribution is 0.587. The predicted octanol–water partition coefficient (Wildman–Crippen LogP) is 1.39. The van der Waals surface area contributed by atoms with E-state index in [0.717, 1.165) is 11.8 Å². The Morgan fingerprint density at radius 3 is 2.69 bits per heavy atom. The van der Waals surface area contributed by atoms with Crippen LogP contribution >= 0.6 is 11.6 Å². The SMILES string of the molecule is CS(=O)(=O)NCc1cccc(Cl)c1. The molecule has 0 radical (unpaired) electrons. The molecular weight excluding hydrogens is 210 g/mol. The van der Waals surface area contributed by atoms with E-state index in [2.05, 4.69) is 4.72 Å². The first-order chi connectivity index (χ1) is 5.97. The fourth-order valence-corrected chi connectivity index (χ4v) is 1.50. The van der Waals surface area contributed by atoms with Gasteiger partial charge in [-0.2, -0.15) is 0 Å². The van der Waals surface area contributed by atoms with Crippen LogP contribution in [-0.2, 0) is 16.6 Å². The molecule has 0 bridgehead atoms. The average molecular weight is 220 g/mol. The summed E-state index contributed by atoms with van der Waals surface area (Å²) in [5.74, 6) is 0. The molecule has 1 rings (SSSR count). The van der Waals surface area contributed by atoms with E-state index in [-0.39, 0.29) is 6.54 Å². The highest BCUT2D eigenvalue weighted by Gasteiger charge is 2.00. The smallest absolute Gasteiger partial charge is 0.209 e. The zero-order chi connectivity index (χ0) is 9.90. The van der Waals surface area contributed by atoms with E-state index >= 15 is 0 Å². The Morgan fingerprint density at radius 1 is 1.46 bits per heavy atom. The molecule has 0 saturated carbocycles. The molecule has 5 heteroatoms. The van der Waals surface area contributed by atoms with Crippen LogP contribution in [0, 0.1) is 0 Å². The second-order valence-corrected chi connectivity index (χ2v) is 4.99. The van der Waals surface area contributed by atoms with Crippen molar-refractivity contribution in [1.82, 2.24) is 4.72 Å². The lowest BCUT2D eigenvalue weighted by atomic mass is 10.2. The second-order valence-electron chi connectivity index (χ2n) is 2.72. The largest absolute Gasteiger partial charge is 0.213 e. The van der Waals surface area contributed by atoms with E-state index in [9.17, 15) is 8.42 Å². The first-order valence-corrected chi connectivity index (χ1v) is 5.93. The molecule has 0 spiro atoms. The molecule has 0 aromatic heterocycles. The summed E-state index contributed by atoms with van der Waals surface area (Å²) in [7, 11) is -3.13. The van der Waals surface area contributed by atoms with Gasteiger partial charge >= 0.3 is 0 Å². The van der Waals surface area contributed by atoms with Crippen LogP contribution in [0.25, 0.3) is 0 Å². The van der Waals surface area contributed by atoms with Gasteiger partial charge in [0.1, 0.15) is 0 Å². The number of rotatable bonds is 3. The Bertz CT molecular complexity index is 389. The summed E-state index contributed by atoms with van der Waals surface area (Å²) in [5, 5.41) is 0.604. The zero-order valence-electron chi connectivity index (χ0n) is 7.12. The summed E-state index contributed by atoms with van der Waals surface area (Å²) in [4.78, 5) is 0. The third kappa shape index (κ3) is 4.26. The summed E-state index contributed by atoms with van der Waals surface area (Å²) in [6.07, 6.45) is 1.12. The van der Waals surface area contributed by atoms with Crippen LogP contribution in [0.2, 0.25) is 5.02 Å². The molecule has 13 heavy (non-hydrogen) atoms. The van der Waals surface area contributed by atoms with E-state index in [0.29, 0.717) is 5.02 Å². The van der Waals surface area contributed by atoms with E-state index in [1.807, 2.05) is 6.07 Å². The van der Waals surface area contributed by atoms with Gasteiger partial charge in [-0.25, -0.2) is 13.1 Å². The molecule has 0 saturated heterocycles. The summed E-state index contributed by atoms with van der Waals surface area (Å²) < 4.78 is 23.9. The van der Waals surface area contributed by atoms with Gasteiger partial charge in [0, 0.05) is 11.6 Å². The monoisotopic (exact) mass is 219 g/mol. The van der Waals surface area contributed by atoms with E-state index < -0.39 is 10.0 Å². The molecule has 1 aromatic rings. The van der Waals surface area contributed by atoms with Gasteiger partial charge in [0.2, 0.25) is 10.0 Å². The lowest BCUT2D eigenvalue weighted by Crippen LogP contribution is -2.21. The third-order valence-corrected chi connectivity index (χ3v) is 2.33. The fraction of sp³-hybridized carbons (Fsp3) is 0.250. The number of hydrogen-bond donors (Lipinski definition) is 1. The molecule has 0 heterocycles. The van der Waals surface area contributed by atoms with Crippen LogP contribution in [0.3, 0.4) is 0 Å². The Labute approximate surface area is 82.8 Å². The van der Waals surface area contributed by atoms with Gasteiger partial charge in [-0.05, 0) is 17.7 Å². The van der Waals surface area contributed by atoms with Gasteiger partial charge < -0.3 is 0 Å². The van der Waals surface area contributed by atoms with Crippen LogP contribution in [0.1, 0.15) is 5.56 Å². The standard InChI is InChI=1S/C8H10ClNO2S/c1-13(11,12)10-6-7-3-2-4-8(9)5-7/h2-5,10H,6H2,1H3. The van der Waals surface area contributed by atoms with E-state index in [1.165, 1.54) is 0 Å². The molecule has 0 amide bonds. The fourth-order valence-electron chi connectivity index (χ4n) is 0.861. The van der Waals surface area contributed by atoms with E-state index in [4.69, 9.17) is 11.6 Å². The normalized spacial score (nSPS) is 11.5. The summed E-state index contributed by atoms with van der Waals surface area (Å²) in [6.45, 7) is 0.277. The molecule has 3 nitrogen and oxygen atoms in total. The minimum atomic E-state index is -3.13. The summed E-state index contributed by atoms with van der Waals surface area (Å²) in [5.41, 5.74) is 0.845. The van der Waals surface area contributed by atoms with Crippen molar-refractivity contribution in [2.45, 2.75) is 6.54 Å². The molecule has 0 atom stereocenters. The quantitative estimate of drug-likeness (QED) is 0.835. The van der Waals surface area contributed by atoms with Crippen molar-refractivity contribution in [3.63, 3.8) is 0 Å². The molecular formula is C8H10ClNO2S. The molecule has 0 unspecified atom stereocenters. The molecule has 1 N–H and O–H groups in total. The van der Waals surface area contributed by atoms with Gasteiger partial charge in [-0.15, -0.1) is 0 Å². The summed E-state index contributed by atoms with van der Waals surface area (Å²) in [6, 6.07) is 7.05. The minimum absolute atomic E-state index is 0.277. The number of benzene rings is 1. The maximum atomic E-state index is 10.7. The third-order valence-electron chi connectivity index (χ3n) is 1.43. The highest BCUT2D eigenvalue weighted by Crippen LogP contribution is 2.10. The molecule has 1 aromatic carbocycles. The first kappa shape index (κ1) is 10.5. The predicted molar refractivity (Wildman–Crippen MR) is 53.1 cm³/mol. The Balaban J connectivity index is 2.65. The van der Waals surface area contributed by atoms with Crippen molar-refractivity contribution in [3.8, 4) is 0 Å². The van der Waals surface area contributed by atoms with Crippen molar-refractivity contribution in [2.75, 3.05) is 6.26 Å². The van der Waals surface area contributed by atoms with Gasteiger partial charge in [0.05, 0.1) is 6.26 Å². The first-order valence-electron chi connectivity index (χ1n) is 3.66. The van der Waals surface area contributed by atoms with Gasteiger partial charge in [-0.1, -0.05) is 23.7 Å². The lowest BCUT2D eigenvalue weighted by Gasteiger charge is -2.02. The van der Waals surface area contributed by atoms with Crippen LogP contribution in [-0.4, -0.2) is 14.7 Å². The maximum Gasteiger partial charge on any atom is 0.209 e. The number of sulfonamides is 1. The molecule has 0 aliphatic heterocycles. The van der Waals surface area contributed by atoms with Crippen LogP contribution in [0.4, 0.5) is 0 Å². The van der Waals surface area contributed by atoms with Crippen LogP contribution in [0.15, 0.2) is 24.3 Å². The van der Waals surface area contributed by atoms with Crippen molar-refractivity contribution in [1.29, 1.82) is 0 Å². The topological polar surface area (TPSA) is 46.2 Å². The molecule has 0 aliphatic rings. The highest BCUT2D eigenvalue weighted by molar-refractivity contribution is 7.88. The Kier molecular flexibility index (Phi) is 3.30. The molecule has 72 valence electrons. The highest BCUT2D eigenvalue weighted by atomic mass is 35.5. The van der Waals surface area contributed by atoms with Crippen molar-refractivity contribution in [2.24, 2.45) is 0 Å². The summed E-state index contributed by atoms with van der Waals surface area (Å²) >= 11 is 5.72. The minimum Gasteiger partial charge on any atom is -0.213 e. The number of hydrogen-bond acceptors (Lipinski definition) is 2. The number of halogens is 1. The van der Waals surface area contributed by atoms with Gasteiger partial charge in [0.15, 0.2) is 0 Å². The van der Waals surface area contributed by atoms with Gasteiger partial charge in [0.25, 0.3) is 0 Å². The number of nitrogens with one attached hydrogen (secondary N) is 1. The molecule has 0 fully saturated rings.